The fraction of sp³-hybridized carbons (Fsp3) is 0.600. The molecule has 0 bridgehead atoms. The molecule has 1 fully saturated rings. The highest BCUT2D eigenvalue weighted by Crippen LogP contribution is 2.34. The Morgan fingerprint density at radius 1 is 1.62 bits per heavy atom. The van der Waals surface area contributed by atoms with Gasteiger partial charge in [0.15, 0.2) is 0 Å². The summed E-state index contributed by atoms with van der Waals surface area (Å²) in [5, 5.41) is 12.8. The average molecular weight is 197 g/mol. The lowest BCUT2D eigenvalue weighted by Gasteiger charge is -2.25. The third-order valence-corrected chi connectivity index (χ3v) is 3.93. The van der Waals surface area contributed by atoms with Gasteiger partial charge in [-0.2, -0.15) is 0 Å². The van der Waals surface area contributed by atoms with Crippen LogP contribution in [0.2, 0.25) is 0 Å². The highest BCUT2D eigenvalue weighted by Gasteiger charge is 2.35. The molecule has 2 rings (SSSR count). The van der Waals surface area contributed by atoms with Gasteiger partial charge in [0.05, 0.1) is 12.1 Å². The number of thiophene rings is 1. The van der Waals surface area contributed by atoms with Crippen molar-refractivity contribution < 1.29 is 5.11 Å². The van der Waals surface area contributed by atoms with Crippen molar-refractivity contribution in [2.24, 2.45) is 0 Å². The highest BCUT2D eigenvalue weighted by molar-refractivity contribution is 7.12. The van der Waals surface area contributed by atoms with Crippen LogP contribution in [0.15, 0.2) is 12.1 Å². The Bertz CT molecular complexity index is 289. The zero-order chi connectivity index (χ0) is 9.31. The molecule has 1 unspecified atom stereocenters. The molecule has 1 aliphatic heterocycles. The number of nitrogens with one attached hydrogen (secondary N) is 1. The Hall–Kier alpha value is -0.380. The maximum atomic E-state index is 9.42. The molecule has 13 heavy (non-hydrogen) atoms. The van der Waals surface area contributed by atoms with E-state index in [1.807, 2.05) is 0 Å². The van der Waals surface area contributed by atoms with Gasteiger partial charge in [-0.15, -0.1) is 11.3 Å². The van der Waals surface area contributed by atoms with Crippen LogP contribution in [0.4, 0.5) is 0 Å². The second-order valence-corrected chi connectivity index (χ2v) is 4.97. The van der Waals surface area contributed by atoms with Crippen LogP contribution in [-0.4, -0.2) is 18.3 Å². The molecule has 2 N–H and O–H groups in total. The van der Waals surface area contributed by atoms with E-state index in [2.05, 4.69) is 24.4 Å². The van der Waals surface area contributed by atoms with Crippen molar-refractivity contribution in [2.45, 2.75) is 25.3 Å². The predicted molar refractivity (Wildman–Crippen MR) is 55.1 cm³/mol. The monoisotopic (exact) mass is 197 g/mol. The minimum Gasteiger partial charge on any atom is -0.394 e. The summed E-state index contributed by atoms with van der Waals surface area (Å²) in [5.41, 5.74) is -0.126. The van der Waals surface area contributed by atoms with E-state index in [9.17, 15) is 5.11 Å². The lowest BCUT2D eigenvalue weighted by atomic mass is 9.97. The Labute approximate surface area is 82.6 Å². The summed E-state index contributed by atoms with van der Waals surface area (Å²) in [5.74, 6) is 0. The normalized spacial score (nSPS) is 28.2. The number of aliphatic hydroxyl groups is 1. The Kier molecular flexibility index (Phi) is 2.41. The first-order valence-electron chi connectivity index (χ1n) is 4.70. The molecule has 1 aliphatic rings. The first-order chi connectivity index (χ1) is 6.27. The third kappa shape index (κ3) is 1.52. The van der Waals surface area contributed by atoms with Gasteiger partial charge < -0.3 is 10.4 Å². The van der Waals surface area contributed by atoms with E-state index < -0.39 is 0 Å². The molecular formula is C10H15NOS. The Morgan fingerprint density at radius 2 is 2.46 bits per heavy atom. The summed E-state index contributed by atoms with van der Waals surface area (Å²) in [6.45, 7) is 3.35. The number of hydrogen-bond acceptors (Lipinski definition) is 3. The average Bonchev–Trinajstić information content (AvgIpc) is 2.73. The summed E-state index contributed by atoms with van der Waals surface area (Å²) in [7, 11) is 0. The molecule has 0 aliphatic carbocycles. The quantitative estimate of drug-likeness (QED) is 0.755. The van der Waals surface area contributed by atoms with Gasteiger partial charge in [0.2, 0.25) is 0 Å². The zero-order valence-electron chi connectivity index (χ0n) is 7.84. The van der Waals surface area contributed by atoms with E-state index in [1.165, 1.54) is 9.75 Å². The first-order valence-corrected chi connectivity index (χ1v) is 5.51. The zero-order valence-corrected chi connectivity index (χ0v) is 8.66. The Morgan fingerprint density at radius 3 is 2.92 bits per heavy atom. The van der Waals surface area contributed by atoms with Gasteiger partial charge >= 0.3 is 0 Å². The maximum absolute atomic E-state index is 9.42. The predicted octanol–water partition coefficient (Wildman–Crippen LogP) is 1.63. The second-order valence-electron chi connectivity index (χ2n) is 3.68. The third-order valence-electron chi connectivity index (χ3n) is 2.73. The fourth-order valence-electron chi connectivity index (χ4n) is 1.92. The van der Waals surface area contributed by atoms with Crippen LogP contribution < -0.4 is 5.32 Å². The number of hydrogen-bond donors (Lipinski definition) is 2. The molecule has 72 valence electrons. The molecule has 0 aromatic carbocycles. The van der Waals surface area contributed by atoms with E-state index in [0.717, 1.165) is 19.4 Å². The number of aryl methyl sites for hydroxylation is 1. The van der Waals surface area contributed by atoms with Crippen molar-refractivity contribution in [1.82, 2.24) is 5.32 Å². The molecule has 1 saturated heterocycles. The lowest BCUT2D eigenvalue weighted by Crippen LogP contribution is -2.39. The van der Waals surface area contributed by atoms with Gasteiger partial charge in [0, 0.05) is 9.75 Å². The van der Waals surface area contributed by atoms with Crippen LogP contribution in [-0.2, 0) is 5.54 Å². The fourth-order valence-corrected chi connectivity index (χ4v) is 2.97. The molecular weight excluding hydrogens is 182 g/mol. The van der Waals surface area contributed by atoms with Gasteiger partial charge in [0.25, 0.3) is 0 Å². The highest BCUT2D eigenvalue weighted by atomic mass is 32.1. The van der Waals surface area contributed by atoms with Crippen LogP contribution in [0.1, 0.15) is 22.6 Å². The molecule has 1 aromatic rings. The van der Waals surface area contributed by atoms with E-state index in [4.69, 9.17) is 0 Å². The van der Waals surface area contributed by atoms with Gasteiger partial charge in [-0.25, -0.2) is 0 Å². The van der Waals surface area contributed by atoms with Crippen LogP contribution in [0.3, 0.4) is 0 Å². The molecule has 2 nitrogen and oxygen atoms in total. The molecule has 0 spiro atoms. The van der Waals surface area contributed by atoms with E-state index in [0.29, 0.717) is 0 Å². The first kappa shape index (κ1) is 9.19. The smallest absolute Gasteiger partial charge is 0.0763 e. The largest absolute Gasteiger partial charge is 0.394 e. The standard InChI is InChI=1S/C10H15NOS/c1-8-3-4-9(13-8)10(7-12)5-2-6-11-10/h3-4,11-12H,2,5-7H2,1H3. The number of aliphatic hydroxyl groups excluding tert-OH is 1. The van der Waals surface area contributed by atoms with Crippen LogP contribution in [0.5, 0.6) is 0 Å². The lowest BCUT2D eigenvalue weighted by molar-refractivity contribution is 0.181. The Balaban J connectivity index is 2.30. The minimum absolute atomic E-state index is 0.126. The molecule has 0 radical (unpaired) electrons. The molecule has 0 amide bonds. The summed E-state index contributed by atoms with van der Waals surface area (Å²) in [4.78, 5) is 2.60. The molecule has 3 heteroatoms. The van der Waals surface area contributed by atoms with Gasteiger partial charge in [-0.05, 0) is 38.4 Å². The number of rotatable bonds is 2. The van der Waals surface area contributed by atoms with Gasteiger partial charge in [0.1, 0.15) is 0 Å². The maximum Gasteiger partial charge on any atom is 0.0763 e. The van der Waals surface area contributed by atoms with Gasteiger partial charge in [-0.1, -0.05) is 0 Å². The second kappa shape index (κ2) is 3.40. The molecule has 1 atom stereocenters. The van der Waals surface area contributed by atoms with Crippen molar-refractivity contribution in [3.05, 3.63) is 21.9 Å². The summed E-state index contributed by atoms with van der Waals surface area (Å²) < 4.78 is 0. The summed E-state index contributed by atoms with van der Waals surface area (Å²) in [6.07, 6.45) is 2.22. The van der Waals surface area contributed by atoms with Crippen LogP contribution in [0, 0.1) is 6.92 Å². The topological polar surface area (TPSA) is 32.3 Å². The SMILES string of the molecule is Cc1ccc(C2(CO)CCCN2)s1. The summed E-state index contributed by atoms with van der Waals surface area (Å²) >= 11 is 1.79. The van der Waals surface area contributed by atoms with E-state index in [1.54, 1.807) is 11.3 Å². The van der Waals surface area contributed by atoms with Crippen LogP contribution >= 0.6 is 11.3 Å². The van der Waals surface area contributed by atoms with E-state index in [-0.39, 0.29) is 12.1 Å². The van der Waals surface area contributed by atoms with Gasteiger partial charge in [-0.3, -0.25) is 0 Å². The van der Waals surface area contributed by atoms with Crippen molar-refractivity contribution in [3.63, 3.8) is 0 Å². The van der Waals surface area contributed by atoms with E-state index >= 15 is 0 Å². The molecule has 2 heterocycles. The van der Waals surface area contributed by atoms with Crippen molar-refractivity contribution in [1.29, 1.82) is 0 Å². The summed E-state index contributed by atoms with van der Waals surface area (Å²) in [6, 6.07) is 4.26. The van der Waals surface area contributed by atoms with Crippen molar-refractivity contribution in [2.75, 3.05) is 13.2 Å². The molecule has 1 aromatic heterocycles. The van der Waals surface area contributed by atoms with Crippen LogP contribution in [0.25, 0.3) is 0 Å². The minimum atomic E-state index is -0.126. The molecule has 0 saturated carbocycles. The van der Waals surface area contributed by atoms with Crippen molar-refractivity contribution >= 4 is 11.3 Å². The van der Waals surface area contributed by atoms with Crippen molar-refractivity contribution in [3.8, 4) is 0 Å².